The summed E-state index contributed by atoms with van der Waals surface area (Å²) in [5.74, 6) is 0.0716. The topological polar surface area (TPSA) is 81.7 Å². The number of carbonyl (C=O) groups excluding carboxylic acids is 1. The average Bonchev–Trinajstić information content (AvgIpc) is 3.26. The number of hydrogen-bond donors (Lipinski definition) is 0. The first-order valence-corrected chi connectivity index (χ1v) is 9.14. The first-order chi connectivity index (χ1) is 12.2. The van der Waals surface area contributed by atoms with Gasteiger partial charge in [0.2, 0.25) is 0 Å². The molecule has 25 heavy (non-hydrogen) atoms. The molecule has 0 spiro atoms. The highest BCUT2D eigenvalue weighted by Gasteiger charge is 2.34. The summed E-state index contributed by atoms with van der Waals surface area (Å²) < 4.78 is 1.82. The third-order valence-corrected chi connectivity index (χ3v) is 4.98. The molecule has 0 atom stereocenters. The van der Waals surface area contributed by atoms with Crippen molar-refractivity contribution in [2.24, 2.45) is 0 Å². The summed E-state index contributed by atoms with van der Waals surface area (Å²) in [6, 6.07) is 7.87. The number of benzene rings is 1. The van der Waals surface area contributed by atoms with E-state index in [4.69, 9.17) is 0 Å². The van der Waals surface area contributed by atoms with E-state index in [1.807, 2.05) is 46.3 Å². The van der Waals surface area contributed by atoms with E-state index in [1.54, 1.807) is 29.0 Å². The molecule has 9 heteroatoms. The van der Waals surface area contributed by atoms with Crippen LogP contribution in [0, 0.1) is 0 Å². The molecule has 1 aliphatic rings. The van der Waals surface area contributed by atoms with Gasteiger partial charge in [0.15, 0.2) is 0 Å². The van der Waals surface area contributed by atoms with E-state index in [1.165, 1.54) is 0 Å². The molecule has 0 saturated carbocycles. The Bertz CT molecular complexity index is 870. The van der Waals surface area contributed by atoms with Crippen LogP contribution in [0.25, 0.3) is 0 Å². The van der Waals surface area contributed by atoms with Crippen molar-refractivity contribution >= 4 is 17.7 Å². The summed E-state index contributed by atoms with van der Waals surface area (Å²) in [5.41, 5.74) is 1.56. The summed E-state index contributed by atoms with van der Waals surface area (Å²) in [7, 11) is 0. The van der Waals surface area contributed by atoms with E-state index >= 15 is 0 Å². The monoisotopic (exact) mass is 355 g/mol. The second-order valence-corrected chi connectivity index (χ2v) is 6.66. The molecule has 3 aromatic rings. The minimum atomic E-state index is 0.0716. The SMILES string of the molecule is CSc1ccccc1C(=O)N1CC(n2cc(Cn3nccn3)nn2)C1. The van der Waals surface area contributed by atoms with E-state index < -0.39 is 0 Å². The van der Waals surface area contributed by atoms with Crippen LogP contribution in [0.2, 0.25) is 0 Å². The van der Waals surface area contributed by atoms with E-state index in [2.05, 4.69) is 20.5 Å². The van der Waals surface area contributed by atoms with Crippen molar-refractivity contribution in [3.63, 3.8) is 0 Å². The number of carbonyl (C=O) groups is 1. The van der Waals surface area contributed by atoms with E-state index in [-0.39, 0.29) is 11.9 Å². The Balaban J connectivity index is 1.39. The Morgan fingerprint density at radius 2 is 2.00 bits per heavy atom. The number of hydrogen-bond acceptors (Lipinski definition) is 6. The van der Waals surface area contributed by atoms with Crippen molar-refractivity contribution in [1.82, 2.24) is 34.9 Å². The zero-order valence-electron chi connectivity index (χ0n) is 13.7. The van der Waals surface area contributed by atoms with E-state index in [0.29, 0.717) is 19.6 Å². The normalized spacial score (nSPS) is 14.5. The zero-order valence-corrected chi connectivity index (χ0v) is 14.5. The molecule has 1 aromatic carbocycles. The van der Waals surface area contributed by atoms with Crippen LogP contribution in [0.5, 0.6) is 0 Å². The third-order valence-electron chi connectivity index (χ3n) is 4.19. The van der Waals surface area contributed by atoms with Gasteiger partial charge < -0.3 is 4.90 Å². The van der Waals surface area contributed by atoms with Crippen molar-refractivity contribution in [3.8, 4) is 0 Å². The van der Waals surface area contributed by atoms with Crippen LogP contribution in [0.3, 0.4) is 0 Å². The van der Waals surface area contributed by atoms with Crippen molar-refractivity contribution in [2.45, 2.75) is 17.5 Å². The number of rotatable bonds is 5. The molecule has 1 amide bonds. The lowest BCUT2D eigenvalue weighted by molar-refractivity contribution is 0.0495. The molecule has 2 aromatic heterocycles. The Labute approximate surface area is 148 Å². The number of nitrogens with zero attached hydrogens (tertiary/aromatic N) is 7. The average molecular weight is 355 g/mol. The molecule has 1 saturated heterocycles. The van der Waals surface area contributed by atoms with Crippen LogP contribution in [0.4, 0.5) is 0 Å². The molecular formula is C16H17N7OS. The second-order valence-electron chi connectivity index (χ2n) is 5.81. The van der Waals surface area contributed by atoms with Gasteiger partial charge in [0.25, 0.3) is 5.91 Å². The Kier molecular flexibility index (Phi) is 4.22. The summed E-state index contributed by atoms with van der Waals surface area (Å²) in [4.78, 5) is 17.1. The molecule has 1 aliphatic heterocycles. The fraction of sp³-hybridized carbons (Fsp3) is 0.312. The van der Waals surface area contributed by atoms with Gasteiger partial charge in [0.1, 0.15) is 12.2 Å². The maximum absolute atomic E-state index is 12.6. The molecule has 128 valence electrons. The van der Waals surface area contributed by atoms with Crippen LogP contribution in [0.1, 0.15) is 22.1 Å². The minimum absolute atomic E-state index is 0.0716. The van der Waals surface area contributed by atoms with Crippen LogP contribution in [-0.2, 0) is 6.54 Å². The van der Waals surface area contributed by atoms with E-state index in [0.717, 1.165) is 16.2 Å². The number of likely N-dealkylation sites (tertiary alicyclic amines) is 1. The minimum Gasteiger partial charge on any atom is -0.334 e. The predicted molar refractivity (Wildman–Crippen MR) is 92.3 cm³/mol. The standard InChI is InChI=1S/C16H17N7OS/c1-25-15-5-3-2-4-14(15)16(24)21-10-13(11-21)22-8-12(19-20-22)9-23-17-6-7-18-23/h2-8,13H,9-11H2,1H3. The van der Waals surface area contributed by atoms with Gasteiger partial charge in [-0.3, -0.25) is 4.79 Å². The Morgan fingerprint density at radius 3 is 2.76 bits per heavy atom. The molecule has 4 rings (SSSR count). The maximum atomic E-state index is 12.6. The van der Waals surface area contributed by atoms with Crippen molar-refractivity contribution in [2.75, 3.05) is 19.3 Å². The third kappa shape index (κ3) is 3.14. The summed E-state index contributed by atoms with van der Waals surface area (Å²) in [5, 5.41) is 16.4. The highest BCUT2D eigenvalue weighted by molar-refractivity contribution is 7.98. The molecule has 0 N–H and O–H groups in total. The number of amides is 1. The van der Waals surface area contributed by atoms with Crippen LogP contribution < -0.4 is 0 Å². The first-order valence-electron chi connectivity index (χ1n) is 7.91. The van der Waals surface area contributed by atoms with Gasteiger partial charge in [-0.05, 0) is 18.4 Å². The molecule has 0 aliphatic carbocycles. The highest BCUT2D eigenvalue weighted by Crippen LogP contribution is 2.26. The lowest BCUT2D eigenvalue weighted by Gasteiger charge is -2.39. The van der Waals surface area contributed by atoms with Gasteiger partial charge in [0, 0.05) is 18.0 Å². The second kappa shape index (κ2) is 6.67. The zero-order chi connectivity index (χ0) is 17.2. The first kappa shape index (κ1) is 15.8. The number of thioether (sulfide) groups is 1. The molecule has 1 fully saturated rings. The molecule has 8 nitrogen and oxygen atoms in total. The Hall–Kier alpha value is -2.68. The van der Waals surface area contributed by atoms with Gasteiger partial charge in [-0.1, -0.05) is 17.3 Å². The van der Waals surface area contributed by atoms with Gasteiger partial charge in [-0.15, -0.1) is 16.9 Å². The largest absolute Gasteiger partial charge is 0.334 e. The van der Waals surface area contributed by atoms with E-state index in [9.17, 15) is 4.79 Å². The van der Waals surface area contributed by atoms with Gasteiger partial charge in [-0.2, -0.15) is 15.0 Å². The fourth-order valence-corrected chi connectivity index (χ4v) is 3.40. The summed E-state index contributed by atoms with van der Waals surface area (Å²) >= 11 is 1.59. The van der Waals surface area contributed by atoms with Crippen molar-refractivity contribution in [1.29, 1.82) is 0 Å². The Morgan fingerprint density at radius 1 is 1.24 bits per heavy atom. The maximum Gasteiger partial charge on any atom is 0.255 e. The van der Waals surface area contributed by atoms with Crippen LogP contribution >= 0.6 is 11.8 Å². The highest BCUT2D eigenvalue weighted by atomic mass is 32.2. The fourth-order valence-electron chi connectivity index (χ4n) is 2.81. The molecule has 0 unspecified atom stereocenters. The lowest BCUT2D eigenvalue weighted by Crippen LogP contribution is -2.51. The number of aromatic nitrogens is 6. The summed E-state index contributed by atoms with van der Waals surface area (Å²) in [6.07, 6.45) is 7.14. The predicted octanol–water partition coefficient (Wildman–Crippen LogP) is 1.34. The van der Waals surface area contributed by atoms with Crippen LogP contribution in [-0.4, -0.2) is 60.1 Å². The smallest absolute Gasteiger partial charge is 0.255 e. The summed E-state index contributed by atoms with van der Waals surface area (Å²) in [6.45, 7) is 1.78. The molecule has 0 radical (unpaired) electrons. The quantitative estimate of drug-likeness (QED) is 0.643. The lowest BCUT2D eigenvalue weighted by atomic mass is 10.1. The van der Waals surface area contributed by atoms with Gasteiger partial charge in [0.05, 0.1) is 30.2 Å². The van der Waals surface area contributed by atoms with Gasteiger partial charge >= 0.3 is 0 Å². The van der Waals surface area contributed by atoms with Crippen molar-refractivity contribution in [3.05, 3.63) is 54.1 Å². The molecule has 0 bridgehead atoms. The van der Waals surface area contributed by atoms with Crippen molar-refractivity contribution < 1.29 is 4.79 Å². The van der Waals surface area contributed by atoms with Gasteiger partial charge in [-0.25, -0.2) is 4.68 Å². The van der Waals surface area contributed by atoms with Crippen LogP contribution in [0.15, 0.2) is 47.8 Å². The molecular weight excluding hydrogens is 338 g/mol. The molecule has 3 heterocycles.